The van der Waals surface area contributed by atoms with Crippen molar-refractivity contribution in [2.45, 2.75) is 57.1 Å². The third-order valence-corrected chi connectivity index (χ3v) is 5.16. The molecule has 4 heteroatoms. The highest BCUT2D eigenvalue weighted by molar-refractivity contribution is 6.51. The Kier molecular flexibility index (Phi) is 2.10. The van der Waals surface area contributed by atoms with Gasteiger partial charge in [-0.2, -0.15) is 0 Å². The zero-order valence-corrected chi connectivity index (χ0v) is 10.8. The van der Waals surface area contributed by atoms with Crippen LogP contribution in [0.15, 0.2) is 0 Å². The van der Waals surface area contributed by atoms with Crippen LogP contribution in [0.3, 0.4) is 0 Å². The molecule has 0 bridgehead atoms. The van der Waals surface area contributed by atoms with Gasteiger partial charge in [-0.05, 0) is 59.5 Å². The van der Waals surface area contributed by atoms with E-state index in [9.17, 15) is 0 Å². The molecule has 90 valence electrons. The molecule has 2 saturated heterocycles. The van der Waals surface area contributed by atoms with E-state index in [0.29, 0.717) is 5.31 Å². The van der Waals surface area contributed by atoms with Gasteiger partial charge >= 0.3 is 7.12 Å². The molecule has 1 aliphatic carbocycles. The molecule has 0 radical (unpaired) electrons. The minimum atomic E-state index is -0.176. The number of fused-ring (bicyclic) bond motifs is 1. The molecular formula is C12H22BNO2. The second-order valence-corrected chi connectivity index (χ2v) is 6.68. The summed E-state index contributed by atoms with van der Waals surface area (Å²) in [6.07, 6.45) is 2.48. The molecule has 3 aliphatic rings. The van der Waals surface area contributed by atoms with Crippen molar-refractivity contribution in [3.05, 3.63) is 0 Å². The van der Waals surface area contributed by atoms with E-state index in [2.05, 4.69) is 33.0 Å². The first-order valence-electron chi connectivity index (χ1n) is 6.44. The van der Waals surface area contributed by atoms with Crippen LogP contribution >= 0.6 is 0 Å². The van der Waals surface area contributed by atoms with E-state index >= 15 is 0 Å². The lowest BCUT2D eigenvalue weighted by Crippen LogP contribution is -2.41. The summed E-state index contributed by atoms with van der Waals surface area (Å²) >= 11 is 0. The summed E-state index contributed by atoms with van der Waals surface area (Å²) in [6.45, 7) is 10.8. The highest BCUT2D eigenvalue weighted by Crippen LogP contribution is 2.67. The molecule has 0 aromatic rings. The van der Waals surface area contributed by atoms with E-state index in [0.717, 1.165) is 19.0 Å². The number of hydrogen-bond donors (Lipinski definition) is 1. The summed E-state index contributed by atoms with van der Waals surface area (Å²) in [7, 11) is 0.0181. The van der Waals surface area contributed by atoms with Gasteiger partial charge in [0.25, 0.3) is 0 Å². The summed E-state index contributed by atoms with van der Waals surface area (Å²) in [5, 5.41) is 3.78. The first-order chi connectivity index (χ1) is 7.37. The molecule has 2 aliphatic heterocycles. The van der Waals surface area contributed by atoms with Crippen LogP contribution in [0.2, 0.25) is 5.31 Å². The second kappa shape index (κ2) is 3.03. The monoisotopic (exact) mass is 223 g/mol. The largest absolute Gasteiger partial charge is 0.464 e. The van der Waals surface area contributed by atoms with Gasteiger partial charge in [0.1, 0.15) is 0 Å². The van der Waals surface area contributed by atoms with Gasteiger partial charge in [-0.15, -0.1) is 0 Å². The molecule has 2 atom stereocenters. The maximum atomic E-state index is 6.20. The fourth-order valence-electron chi connectivity index (χ4n) is 3.06. The summed E-state index contributed by atoms with van der Waals surface area (Å²) in [6, 6.07) is 0. The zero-order chi connectivity index (χ0) is 11.6. The first-order valence-corrected chi connectivity index (χ1v) is 6.44. The van der Waals surface area contributed by atoms with Gasteiger partial charge in [-0.25, -0.2) is 0 Å². The number of nitrogens with one attached hydrogen (secondary N) is 1. The van der Waals surface area contributed by atoms with Gasteiger partial charge < -0.3 is 14.6 Å². The van der Waals surface area contributed by atoms with Crippen LogP contribution in [-0.2, 0) is 9.31 Å². The van der Waals surface area contributed by atoms with Crippen molar-refractivity contribution >= 4 is 7.12 Å². The fourth-order valence-corrected chi connectivity index (χ4v) is 3.06. The van der Waals surface area contributed by atoms with Crippen molar-refractivity contribution in [1.82, 2.24) is 5.32 Å². The summed E-state index contributed by atoms with van der Waals surface area (Å²) in [5.41, 5.74) is -0.352. The van der Waals surface area contributed by atoms with Gasteiger partial charge in [-0.3, -0.25) is 0 Å². The Balaban J connectivity index is 1.79. The Morgan fingerprint density at radius 1 is 1.12 bits per heavy atom. The molecule has 0 unspecified atom stereocenters. The minimum absolute atomic E-state index is 0.0181. The number of hydrogen-bond acceptors (Lipinski definition) is 3. The zero-order valence-electron chi connectivity index (χ0n) is 10.8. The minimum Gasteiger partial charge on any atom is -0.403 e. The van der Waals surface area contributed by atoms with Gasteiger partial charge in [0, 0.05) is 5.31 Å². The van der Waals surface area contributed by atoms with Crippen LogP contribution in [-0.4, -0.2) is 31.4 Å². The SMILES string of the molecule is CC1(C)OB([C@@]23CCNC[C@@H]2C3)OC1(C)C. The topological polar surface area (TPSA) is 30.5 Å². The van der Waals surface area contributed by atoms with Crippen molar-refractivity contribution < 1.29 is 9.31 Å². The molecule has 0 spiro atoms. The summed E-state index contributed by atoms with van der Waals surface area (Å²) in [4.78, 5) is 0. The van der Waals surface area contributed by atoms with Gasteiger partial charge in [-0.1, -0.05) is 0 Å². The third-order valence-electron chi connectivity index (χ3n) is 5.16. The van der Waals surface area contributed by atoms with Crippen molar-refractivity contribution in [3.63, 3.8) is 0 Å². The van der Waals surface area contributed by atoms with E-state index in [1.807, 2.05) is 0 Å². The Morgan fingerprint density at radius 2 is 1.75 bits per heavy atom. The van der Waals surface area contributed by atoms with E-state index in [-0.39, 0.29) is 18.3 Å². The van der Waals surface area contributed by atoms with Crippen LogP contribution in [0.1, 0.15) is 40.5 Å². The molecule has 3 nitrogen and oxygen atoms in total. The average Bonchev–Trinajstić information content (AvgIpc) is 2.85. The highest BCUT2D eigenvalue weighted by atomic mass is 16.7. The van der Waals surface area contributed by atoms with E-state index in [1.165, 1.54) is 12.8 Å². The molecule has 0 amide bonds. The van der Waals surface area contributed by atoms with E-state index < -0.39 is 0 Å². The smallest absolute Gasteiger partial charge is 0.403 e. The molecule has 3 fully saturated rings. The predicted octanol–water partition coefficient (Wildman–Crippen LogP) is 1.83. The molecule has 0 aromatic carbocycles. The van der Waals surface area contributed by atoms with Crippen molar-refractivity contribution in [2.24, 2.45) is 5.92 Å². The van der Waals surface area contributed by atoms with Gasteiger partial charge in [0.15, 0.2) is 0 Å². The Morgan fingerprint density at radius 3 is 2.31 bits per heavy atom. The van der Waals surface area contributed by atoms with E-state index in [4.69, 9.17) is 9.31 Å². The van der Waals surface area contributed by atoms with Gasteiger partial charge in [0.2, 0.25) is 0 Å². The highest BCUT2D eigenvalue weighted by Gasteiger charge is 2.69. The Hall–Kier alpha value is -0.0551. The average molecular weight is 223 g/mol. The standard InChI is InChI=1S/C12H22BNO2/c1-10(2)11(3,4)16-13(15-10)12-5-6-14-8-9(12)7-12/h9,14H,5-8H2,1-4H3/t9-,12+/m0/s1. The van der Waals surface area contributed by atoms with Crippen LogP contribution in [0, 0.1) is 5.92 Å². The maximum Gasteiger partial charge on any atom is 0.464 e. The molecule has 16 heavy (non-hydrogen) atoms. The molecule has 3 rings (SSSR count). The number of rotatable bonds is 1. The molecule has 0 aromatic heterocycles. The van der Waals surface area contributed by atoms with Crippen molar-refractivity contribution in [3.8, 4) is 0 Å². The second-order valence-electron chi connectivity index (χ2n) is 6.68. The van der Waals surface area contributed by atoms with Crippen LogP contribution in [0.4, 0.5) is 0 Å². The summed E-state index contributed by atoms with van der Waals surface area (Å²) < 4.78 is 12.4. The fraction of sp³-hybridized carbons (Fsp3) is 1.00. The Bertz CT molecular complexity index is 302. The third kappa shape index (κ3) is 1.33. The molecule has 1 saturated carbocycles. The van der Waals surface area contributed by atoms with Crippen LogP contribution < -0.4 is 5.32 Å². The van der Waals surface area contributed by atoms with Crippen molar-refractivity contribution in [2.75, 3.05) is 13.1 Å². The Labute approximate surface area is 98.4 Å². The molecule has 1 N–H and O–H groups in total. The van der Waals surface area contributed by atoms with E-state index in [1.54, 1.807) is 0 Å². The lowest BCUT2D eigenvalue weighted by Gasteiger charge is -2.32. The predicted molar refractivity (Wildman–Crippen MR) is 64.4 cm³/mol. The maximum absolute atomic E-state index is 6.20. The number of piperidine rings is 1. The lowest BCUT2D eigenvalue weighted by atomic mass is 9.63. The van der Waals surface area contributed by atoms with Gasteiger partial charge in [0.05, 0.1) is 11.2 Å². The van der Waals surface area contributed by atoms with Crippen LogP contribution in [0.25, 0.3) is 0 Å². The molecule has 2 heterocycles. The summed E-state index contributed by atoms with van der Waals surface area (Å²) in [5.74, 6) is 0.774. The molecular weight excluding hydrogens is 201 g/mol. The first kappa shape index (κ1) is 11.1. The lowest BCUT2D eigenvalue weighted by molar-refractivity contribution is 0.00578. The van der Waals surface area contributed by atoms with Crippen molar-refractivity contribution in [1.29, 1.82) is 0 Å². The normalized spacial score (nSPS) is 44.2. The van der Waals surface area contributed by atoms with Crippen LogP contribution in [0.5, 0.6) is 0 Å². The quantitative estimate of drug-likeness (QED) is 0.688.